The molecule has 1 spiro atoms. The van der Waals surface area contributed by atoms with Crippen LogP contribution in [0.1, 0.15) is 62.3 Å². The number of fused-ring (bicyclic) bond motifs is 20. The van der Waals surface area contributed by atoms with Crippen molar-refractivity contribution in [3.63, 3.8) is 0 Å². The van der Waals surface area contributed by atoms with Crippen LogP contribution in [0.25, 0.3) is 88.7 Å². The van der Waals surface area contributed by atoms with E-state index in [-0.39, 0.29) is 40.7 Å². The monoisotopic (exact) mass is 1420 g/mol. The minimum atomic E-state index is -0.613. The molecule has 4 heterocycles. The van der Waals surface area contributed by atoms with Crippen molar-refractivity contribution in [1.29, 1.82) is 0 Å². The van der Waals surface area contributed by atoms with Crippen molar-refractivity contribution in [3.8, 4) is 89.4 Å². The van der Waals surface area contributed by atoms with E-state index in [0.717, 1.165) is 117 Å². The van der Waals surface area contributed by atoms with Gasteiger partial charge < -0.3 is 19.4 Å². The number of anilines is 9. The first-order valence-electron chi connectivity index (χ1n) is 43.1. The molecular formula is C105H71B2N3O. The topological polar surface area (TPSA) is 19.0 Å². The third-order valence-electron chi connectivity index (χ3n) is 24.2. The molecule has 4 nitrogen and oxygen atoms in total. The lowest BCUT2D eigenvalue weighted by Crippen LogP contribution is -2.64. The molecule has 0 fully saturated rings. The van der Waals surface area contributed by atoms with Gasteiger partial charge in [0.15, 0.2) is 0 Å². The molecule has 111 heavy (non-hydrogen) atoms. The Hall–Kier alpha value is -13.7. The quantitative estimate of drug-likeness (QED) is 0.141. The molecular weight excluding hydrogens is 1340 g/mol. The Morgan fingerprint density at radius 2 is 0.802 bits per heavy atom. The average Bonchev–Trinajstić information content (AvgIpc) is 1.59. The molecule has 2 aliphatic carbocycles. The molecule has 0 amide bonds. The molecule has 17 aromatic rings. The molecule has 0 unspecified atom stereocenters. The van der Waals surface area contributed by atoms with Crippen molar-refractivity contribution in [2.45, 2.75) is 31.6 Å². The second kappa shape index (κ2) is 24.2. The fraction of sp³-hybridized carbons (Fsp3) is 0.0476. The lowest BCUT2D eigenvalue weighted by atomic mass is 9.30. The van der Waals surface area contributed by atoms with Crippen LogP contribution in [0.3, 0.4) is 0 Å². The molecule has 0 saturated heterocycles. The molecule has 0 bridgehead atoms. The molecule has 0 radical (unpaired) electrons. The van der Waals surface area contributed by atoms with Gasteiger partial charge in [-0.25, -0.2) is 0 Å². The Bertz CT molecular complexity index is 7220. The first-order valence-corrected chi connectivity index (χ1v) is 38.1. The molecule has 17 aromatic carbocycles. The van der Waals surface area contributed by atoms with Crippen LogP contribution in [-0.2, 0) is 10.8 Å². The smallest absolute Gasteiger partial charge is 0.256 e. The van der Waals surface area contributed by atoms with Crippen molar-refractivity contribution >= 4 is 108 Å². The standard InChI is InChI=1S/C105H71B2N3O/c1-104(2,3)74-62-83(69-34-13-6-14-35-69)102(84(63-74)70-36-15-7-16-37-70)110-93-51-28-26-49-89(93)106-90-64-91-97(65-94(90)108(76-55-52-68(53-56-76)66-30-9-4-10-31-66)95-59-72(60-96(110)100(95)106)67-32-11-5-12-33-67)111-98-61-73-58-71(54-57-78(73)103-101(98)107(91)88-48-25-27-50-92(88)109(103)75-38-17-8-18-39-75)77-43-29-44-82-81-42-21-24-47-87(81)105(99(77)82)85-45-22-19-40-79(85)80-41-20-23-46-86(80)105/h4-65H,1-3H3/i4D,5D,9D,10D,11D,12D,30D,31D,32D,33D. The van der Waals surface area contributed by atoms with Crippen LogP contribution in [0, 0.1) is 0 Å². The van der Waals surface area contributed by atoms with Gasteiger partial charge in [-0.1, -0.05) is 318 Å². The predicted molar refractivity (Wildman–Crippen MR) is 466 cm³/mol. The van der Waals surface area contributed by atoms with Crippen LogP contribution in [0.5, 0.6) is 11.5 Å². The van der Waals surface area contributed by atoms with E-state index in [1.165, 1.54) is 44.5 Å². The predicted octanol–water partition coefficient (Wildman–Crippen LogP) is 23.3. The average molecular weight is 1420 g/mol. The van der Waals surface area contributed by atoms with Crippen LogP contribution >= 0.6 is 0 Å². The first-order chi connectivity index (χ1) is 58.9. The van der Waals surface area contributed by atoms with Crippen LogP contribution in [0.2, 0.25) is 0 Å². The summed E-state index contributed by atoms with van der Waals surface area (Å²) in [5.74, 6) is 1.29. The number of hydrogen-bond acceptors (Lipinski definition) is 4. The van der Waals surface area contributed by atoms with E-state index in [0.29, 0.717) is 39.7 Å². The fourth-order valence-corrected chi connectivity index (χ4v) is 19.6. The Kier molecular flexibility index (Phi) is 11.8. The molecule has 6 aliphatic rings. The SMILES string of the molecule is [2H]c1c([2H])c([2H])c(-c2ccc(N3c4cc5c(cc4B4c6ccccc6N(c6c(-c7ccccc7)cc(C(C)(C)C)cc6-c6ccccc6)c6cc(-c7c([2H])c([2H])c([2H])c([2H])c7[2H])cc3c64)B3c4ccccc4N(c4ccccc4)c4c3c(cc3cc(-c6cccc7c6C6(c8ccccc8-c8ccccc86)c6ccccc6-7)ccc43)O5)cc2)c([2H])c1[2H]. The lowest BCUT2D eigenvalue weighted by Gasteiger charge is -2.46. The Morgan fingerprint density at radius 3 is 1.41 bits per heavy atom. The van der Waals surface area contributed by atoms with E-state index in [1.807, 2.05) is 36.4 Å². The number of ether oxygens (including phenoxy) is 1. The van der Waals surface area contributed by atoms with E-state index in [4.69, 9.17) is 10.2 Å². The van der Waals surface area contributed by atoms with E-state index < -0.39 is 55.1 Å². The summed E-state index contributed by atoms with van der Waals surface area (Å²) in [5, 5.41) is 2.03. The molecule has 6 heteroatoms. The van der Waals surface area contributed by atoms with Gasteiger partial charge in [-0.3, -0.25) is 0 Å². The summed E-state index contributed by atoms with van der Waals surface area (Å²) in [5.41, 5.74) is 30.3. The lowest BCUT2D eigenvalue weighted by molar-refractivity contribution is 0.488. The van der Waals surface area contributed by atoms with E-state index in [2.05, 4.69) is 302 Å². The maximum Gasteiger partial charge on any atom is 0.256 e. The van der Waals surface area contributed by atoms with Gasteiger partial charge in [0.05, 0.1) is 30.5 Å². The maximum absolute atomic E-state index is 9.90. The van der Waals surface area contributed by atoms with Crippen LogP contribution in [-0.4, -0.2) is 13.4 Å². The second-order valence-electron chi connectivity index (χ2n) is 30.9. The molecule has 0 saturated carbocycles. The summed E-state index contributed by atoms with van der Waals surface area (Å²) in [7, 11) is 0. The van der Waals surface area contributed by atoms with Crippen molar-refractivity contribution in [3.05, 3.63) is 404 Å². The summed E-state index contributed by atoms with van der Waals surface area (Å²) >= 11 is 0. The highest BCUT2D eigenvalue weighted by Crippen LogP contribution is 2.65. The first kappa shape index (κ1) is 54.0. The molecule has 4 aliphatic heterocycles. The Labute approximate surface area is 662 Å². The van der Waals surface area contributed by atoms with Crippen LogP contribution in [0.4, 0.5) is 51.2 Å². The van der Waals surface area contributed by atoms with Crippen LogP contribution < -0.4 is 52.2 Å². The van der Waals surface area contributed by atoms with Crippen LogP contribution in [0.15, 0.2) is 376 Å². The normalized spacial score (nSPS) is 15.0. The van der Waals surface area contributed by atoms with Gasteiger partial charge >= 0.3 is 0 Å². The summed E-state index contributed by atoms with van der Waals surface area (Å²) in [4.78, 5) is 6.97. The van der Waals surface area contributed by atoms with Crippen molar-refractivity contribution in [1.82, 2.24) is 0 Å². The van der Waals surface area contributed by atoms with Gasteiger partial charge in [-0.15, -0.1) is 0 Å². The summed E-state index contributed by atoms with van der Waals surface area (Å²) in [6.45, 7) is 5.74. The number of para-hydroxylation sites is 3. The molecule has 518 valence electrons. The molecule has 0 N–H and O–H groups in total. The minimum absolute atomic E-state index is 0.0184. The zero-order chi connectivity index (χ0) is 82.1. The zero-order valence-electron chi connectivity index (χ0n) is 70.9. The summed E-state index contributed by atoms with van der Waals surface area (Å²) in [6, 6.07) is 108. The van der Waals surface area contributed by atoms with E-state index in [1.54, 1.807) is 12.1 Å². The number of nitrogens with zero attached hydrogens (tertiary/aromatic N) is 3. The van der Waals surface area contributed by atoms with Gasteiger partial charge in [-0.2, -0.15) is 0 Å². The highest BCUT2D eigenvalue weighted by Gasteiger charge is 2.54. The number of benzene rings is 17. The van der Waals surface area contributed by atoms with Crippen molar-refractivity contribution < 1.29 is 18.4 Å². The van der Waals surface area contributed by atoms with E-state index in [9.17, 15) is 8.22 Å². The third kappa shape index (κ3) is 9.25. The Balaban J connectivity index is 0.807. The van der Waals surface area contributed by atoms with Gasteiger partial charge in [0, 0.05) is 62.4 Å². The summed E-state index contributed by atoms with van der Waals surface area (Å²) in [6.07, 6.45) is 0. The number of hydrogen-bond donors (Lipinski definition) is 0. The fourth-order valence-electron chi connectivity index (χ4n) is 19.6. The molecule has 0 atom stereocenters. The largest absolute Gasteiger partial charge is 0.458 e. The van der Waals surface area contributed by atoms with Crippen molar-refractivity contribution in [2.24, 2.45) is 0 Å². The molecule has 23 rings (SSSR count). The Morgan fingerprint density at radius 1 is 0.306 bits per heavy atom. The molecule has 0 aromatic heterocycles. The number of rotatable bonds is 8. The summed E-state index contributed by atoms with van der Waals surface area (Å²) < 4.78 is 100. The highest BCUT2D eigenvalue weighted by atomic mass is 16.5. The van der Waals surface area contributed by atoms with Crippen molar-refractivity contribution in [2.75, 3.05) is 14.7 Å². The second-order valence-corrected chi connectivity index (χ2v) is 30.9. The third-order valence-corrected chi connectivity index (χ3v) is 24.2. The van der Waals surface area contributed by atoms with Gasteiger partial charge in [0.1, 0.15) is 11.5 Å². The zero-order valence-corrected chi connectivity index (χ0v) is 60.9. The van der Waals surface area contributed by atoms with Gasteiger partial charge in [0.25, 0.3) is 13.4 Å². The van der Waals surface area contributed by atoms with Gasteiger partial charge in [-0.05, 0) is 211 Å². The van der Waals surface area contributed by atoms with Gasteiger partial charge in [0.2, 0.25) is 0 Å². The minimum Gasteiger partial charge on any atom is -0.458 e. The highest BCUT2D eigenvalue weighted by molar-refractivity contribution is 7.02. The van der Waals surface area contributed by atoms with E-state index >= 15 is 0 Å². The maximum atomic E-state index is 9.90.